The molecule has 0 heterocycles. The number of hydrogen-bond donors (Lipinski definition) is 1. The number of carbonyl (C=O) groups excluding carboxylic acids is 2. The summed E-state index contributed by atoms with van der Waals surface area (Å²) < 4.78 is 10.8. The second-order valence-electron chi connectivity index (χ2n) is 6.84. The average molecular weight is 447 g/mol. The van der Waals surface area contributed by atoms with Gasteiger partial charge in [0, 0.05) is 17.7 Å². The van der Waals surface area contributed by atoms with Gasteiger partial charge in [-0.2, -0.15) is 5.10 Å². The number of nitro groups is 1. The van der Waals surface area contributed by atoms with Gasteiger partial charge < -0.3 is 9.47 Å². The summed E-state index contributed by atoms with van der Waals surface area (Å²) in [6, 6.07) is 18.6. The monoisotopic (exact) mass is 447 g/mol. The highest BCUT2D eigenvalue weighted by atomic mass is 16.6. The van der Waals surface area contributed by atoms with Crippen molar-refractivity contribution in [1.29, 1.82) is 0 Å². The molecule has 0 aliphatic carbocycles. The molecule has 1 amide bonds. The molecule has 0 atom stereocenters. The van der Waals surface area contributed by atoms with Gasteiger partial charge in [0.25, 0.3) is 11.6 Å². The number of carbonyl (C=O) groups is 2. The molecule has 0 aliphatic rings. The minimum Gasteiger partial charge on any atom is -0.494 e. The molecule has 0 unspecified atom stereocenters. The summed E-state index contributed by atoms with van der Waals surface area (Å²) in [4.78, 5) is 34.6. The molecule has 3 aromatic rings. The first kappa shape index (κ1) is 23.1. The van der Waals surface area contributed by atoms with Crippen LogP contribution in [0.4, 0.5) is 5.69 Å². The van der Waals surface area contributed by atoms with Crippen molar-refractivity contribution >= 4 is 23.8 Å². The summed E-state index contributed by atoms with van der Waals surface area (Å²) in [5.74, 6) is -0.0343. The van der Waals surface area contributed by atoms with E-state index in [0.29, 0.717) is 29.2 Å². The maximum Gasteiger partial charge on any atom is 0.343 e. The van der Waals surface area contributed by atoms with Gasteiger partial charge in [-0.15, -0.1) is 0 Å². The molecule has 0 radical (unpaired) electrons. The smallest absolute Gasteiger partial charge is 0.343 e. The van der Waals surface area contributed by atoms with Gasteiger partial charge in [0.2, 0.25) is 0 Å². The Morgan fingerprint density at radius 3 is 2.36 bits per heavy atom. The Hall–Kier alpha value is -4.53. The van der Waals surface area contributed by atoms with Gasteiger partial charge in [-0.1, -0.05) is 13.0 Å². The van der Waals surface area contributed by atoms with Gasteiger partial charge in [0.1, 0.15) is 11.5 Å². The Kier molecular flexibility index (Phi) is 7.85. The third-order valence-electron chi connectivity index (χ3n) is 4.35. The number of hydrogen-bond acceptors (Lipinski definition) is 7. The number of benzene rings is 3. The number of esters is 1. The van der Waals surface area contributed by atoms with Crippen LogP contribution in [-0.2, 0) is 0 Å². The van der Waals surface area contributed by atoms with E-state index in [4.69, 9.17) is 9.47 Å². The Morgan fingerprint density at radius 1 is 1.00 bits per heavy atom. The van der Waals surface area contributed by atoms with Crippen LogP contribution in [0, 0.1) is 10.1 Å². The topological polar surface area (TPSA) is 120 Å². The molecule has 0 fully saturated rings. The van der Waals surface area contributed by atoms with Crippen LogP contribution in [0.5, 0.6) is 11.5 Å². The van der Waals surface area contributed by atoms with Crippen molar-refractivity contribution in [2.24, 2.45) is 5.10 Å². The highest BCUT2D eigenvalue weighted by Crippen LogP contribution is 2.17. The minimum atomic E-state index is -0.578. The number of non-ortho nitro benzene ring substituents is 1. The first-order valence-corrected chi connectivity index (χ1v) is 10.1. The number of hydrazone groups is 1. The van der Waals surface area contributed by atoms with Crippen LogP contribution in [0.1, 0.15) is 39.6 Å². The van der Waals surface area contributed by atoms with E-state index in [2.05, 4.69) is 10.5 Å². The number of nitrogens with one attached hydrogen (secondary N) is 1. The lowest BCUT2D eigenvalue weighted by molar-refractivity contribution is -0.384. The Balaban J connectivity index is 1.54. The van der Waals surface area contributed by atoms with Crippen LogP contribution < -0.4 is 14.9 Å². The molecular formula is C24H21N3O6. The van der Waals surface area contributed by atoms with Crippen LogP contribution in [0.2, 0.25) is 0 Å². The third-order valence-corrected chi connectivity index (χ3v) is 4.35. The fraction of sp³-hybridized carbons (Fsp3) is 0.125. The molecule has 9 heteroatoms. The van der Waals surface area contributed by atoms with Gasteiger partial charge in [-0.05, 0) is 66.6 Å². The molecule has 0 aliphatic heterocycles. The van der Waals surface area contributed by atoms with E-state index in [1.54, 1.807) is 48.5 Å². The first-order chi connectivity index (χ1) is 16.0. The van der Waals surface area contributed by atoms with Crippen molar-refractivity contribution in [1.82, 2.24) is 5.43 Å². The molecule has 0 spiro atoms. The SMILES string of the molecule is CCCOc1ccc(C(=O)Oc2ccc(C=NNC(=O)c3cccc([N+](=O)[O-])c3)cc2)cc1. The van der Waals surface area contributed by atoms with Crippen molar-refractivity contribution in [2.45, 2.75) is 13.3 Å². The number of amides is 1. The number of ether oxygens (including phenoxy) is 2. The minimum absolute atomic E-state index is 0.119. The van der Waals surface area contributed by atoms with Crippen LogP contribution in [0.3, 0.4) is 0 Å². The number of nitro benzene ring substituents is 1. The standard InChI is InChI=1S/C24H21N3O6/c1-2-14-32-21-12-8-18(9-13-21)24(29)33-22-10-6-17(7-11-22)16-25-26-23(28)19-4-3-5-20(15-19)27(30)31/h3-13,15-16H,2,14H2,1H3,(H,26,28). The Labute approximate surface area is 189 Å². The summed E-state index contributed by atoms with van der Waals surface area (Å²) in [7, 11) is 0. The third kappa shape index (κ3) is 6.73. The average Bonchev–Trinajstić information content (AvgIpc) is 2.84. The van der Waals surface area contributed by atoms with Gasteiger partial charge in [-0.25, -0.2) is 10.2 Å². The van der Waals surface area contributed by atoms with Crippen LogP contribution in [-0.4, -0.2) is 29.6 Å². The summed E-state index contributed by atoms with van der Waals surface area (Å²) >= 11 is 0. The molecule has 168 valence electrons. The summed E-state index contributed by atoms with van der Waals surface area (Å²) in [6.07, 6.45) is 2.30. The molecule has 0 bridgehead atoms. The van der Waals surface area contributed by atoms with E-state index in [0.717, 1.165) is 6.42 Å². The Morgan fingerprint density at radius 2 is 1.70 bits per heavy atom. The van der Waals surface area contributed by atoms with E-state index >= 15 is 0 Å². The number of rotatable bonds is 9. The predicted molar refractivity (Wildman–Crippen MR) is 122 cm³/mol. The van der Waals surface area contributed by atoms with Gasteiger partial charge >= 0.3 is 5.97 Å². The van der Waals surface area contributed by atoms with E-state index in [-0.39, 0.29) is 11.3 Å². The van der Waals surface area contributed by atoms with Crippen LogP contribution in [0.15, 0.2) is 77.9 Å². The molecule has 0 saturated heterocycles. The van der Waals surface area contributed by atoms with Crippen molar-refractivity contribution < 1.29 is 24.0 Å². The molecule has 3 aromatic carbocycles. The maximum atomic E-state index is 12.3. The number of nitrogens with zero attached hydrogens (tertiary/aromatic N) is 2. The summed E-state index contributed by atoms with van der Waals surface area (Å²) in [5.41, 5.74) is 3.29. The lowest BCUT2D eigenvalue weighted by Gasteiger charge is -2.07. The molecule has 3 rings (SSSR count). The fourth-order valence-electron chi connectivity index (χ4n) is 2.69. The summed E-state index contributed by atoms with van der Waals surface area (Å²) in [6.45, 7) is 2.62. The van der Waals surface area contributed by atoms with Crippen LogP contribution in [0.25, 0.3) is 0 Å². The van der Waals surface area contributed by atoms with E-state index in [1.165, 1.54) is 30.5 Å². The quantitative estimate of drug-likeness (QED) is 0.171. The molecule has 9 nitrogen and oxygen atoms in total. The first-order valence-electron chi connectivity index (χ1n) is 10.1. The van der Waals surface area contributed by atoms with Crippen molar-refractivity contribution in [2.75, 3.05) is 6.61 Å². The van der Waals surface area contributed by atoms with Crippen molar-refractivity contribution in [3.8, 4) is 11.5 Å². The van der Waals surface area contributed by atoms with Gasteiger partial charge in [0.05, 0.1) is 23.3 Å². The van der Waals surface area contributed by atoms with Crippen molar-refractivity contribution in [3.63, 3.8) is 0 Å². The zero-order valence-electron chi connectivity index (χ0n) is 17.8. The highest BCUT2D eigenvalue weighted by molar-refractivity contribution is 5.95. The molecule has 1 N–H and O–H groups in total. The maximum absolute atomic E-state index is 12.3. The van der Waals surface area contributed by atoms with E-state index in [9.17, 15) is 19.7 Å². The lowest BCUT2D eigenvalue weighted by atomic mass is 10.2. The van der Waals surface area contributed by atoms with Gasteiger partial charge in [0.15, 0.2) is 0 Å². The second-order valence-corrected chi connectivity index (χ2v) is 6.84. The molecule has 0 saturated carbocycles. The predicted octanol–water partition coefficient (Wildman–Crippen LogP) is 4.37. The zero-order valence-corrected chi connectivity index (χ0v) is 17.8. The van der Waals surface area contributed by atoms with Gasteiger partial charge in [-0.3, -0.25) is 14.9 Å². The Bertz CT molecular complexity index is 1160. The molecule has 33 heavy (non-hydrogen) atoms. The summed E-state index contributed by atoms with van der Waals surface area (Å²) in [5, 5.41) is 14.7. The molecule has 0 aromatic heterocycles. The van der Waals surface area contributed by atoms with Crippen LogP contribution >= 0.6 is 0 Å². The fourth-order valence-corrected chi connectivity index (χ4v) is 2.69. The lowest BCUT2D eigenvalue weighted by Crippen LogP contribution is -2.17. The second kappa shape index (κ2) is 11.2. The normalized spacial score (nSPS) is 10.6. The van der Waals surface area contributed by atoms with E-state index < -0.39 is 16.8 Å². The molecular weight excluding hydrogens is 426 g/mol. The van der Waals surface area contributed by atoms with Crippen molar-refractivity contribution in [3.05, 3.63) is 99.6 Å². The largest absolute Gasteiger partial charge is 0.494 e. The highest BCUT2D eigenvalue weighted by Gasteiger charge is 2.11. The zero-order chi connectivity index (χ0) is 23.6. The van der Waals surface area contributed by atoms with E-state index in [1.807, 2.05) is 6.92 Å².